The van der Waals surface area contributed by atoms with Crippen LogP contribution >= 0.6 is 15.9 Å². The molecule has 0 saturated carbocycles. The van der Waals surface area contributed by atoms with Gasteiger partial charge in [-0.2, -0.15) is 0 Å². The van der Waals surface area contributed by atoms with E-state index in [1.807, 2.05) is 19.9 Å². The van der Waals surface area contributed by atoms with E-state index in [0.717, 1.165) is 11.4 Å². The fourth-order valence-corrected chi connectivity index (χ4v) is 1.67. The fourth-order valence-electron chi connectivity index (χ4n) is 1.38. The molecule has 0 bridgehead atoms. The van der Waals surface area contributed by atoms with E-state index >= 15 is 0 Å². The van der Waals surface area contributed by atoms with Crippen LogP contribution in [0.4, 0.5) is 0 Å². The Morgan fingerprint density at radius 1 is 1.60 bits per heavy atom. The lowest BCUT2D eigenvalue weighted by molar-refractivity contribution is 0.0599. The molecule has 82 valence electrons. The van der Waals surface area contributed by atoms with E-state index in [-0.39, 0.29) is 11.9 Å². The zero-order chi connectivity index (χ0) is 11.4. The van der Waals surface area contributed by atoms with Crippen LogP contribution in [0.25, 0.3) is 6.08 Å². The first-order chi connectivity index (χ1) is 7.10. The number of aromatic nitrogens is 1. The van der Waals surface area contributed by atoms with Gasteiger partial charge in [-0.25, -0.2) is 4.79 Å². The number of methoxy groups -OCH3 is 1. The maximum atomic E-state index is 11.5. The molecule has 1 aromatic heterocycles. The summed E-state index contributed by atoms with van der Waals surface area (Å²) < 4.78 is 4.72. The van der Waals surface area contributed by atoms with E-state index in [9.17, 15) is 4.79 Å². The van der Waals surface area contributed by atoms with Crippen molar-refractivity contribution in [1.29, 1.82) is 0 Å². The van der Waals surface area contributed by atoms with Gasteiger partial charge in [-0.05, 0) is 23.0 Å². The molecule has 4 heteroatoms. The fraction of sp³-hybridized carbons (Fsp3) is 0.364. The van der Waals surface area contributed by atoms with E-state index in [1.165, 1.54) is 7.11 Å². The third-order valence-corrected chi connectivity index (χ3v) is 2.36. The maximum absolute atomic E-state index is 11.5. The summed E-state index contributed by atoms with van der Waals surface area (Å²) in [7, 11) is 1.39. The van der Waals surface area contributed by atoms with Gasteiger partial charge < -0.3 is 9.72 Å². The van der Waals surface area contributed by atoms with Crippen molar-refractivity contribution in [3.8, 4) is 0 Å². The second-order valence-corrected chi connectivity index (χ2v) is 4.02. The van der Waals surface area contributed by atoms with Gasteiger partial charge in [-0.1, -0.05) is 29.8 Å². The van der Waals surface area contributed by atoms with Crippen molar-refractivity contribution < 1.29 is 9.53 Å². The van der Waals surface area contributed by atoms with Gasteiger partial charge in [0.05, 0.1) is 12.7 Å². The van der Waals surface area contributed by atoms with E-state index in [0.29, 0.717) is 5.56 Å². The molecule has 15 heavy (non-hydrogen) atoms. The lowest BCUT2D eigenvalue weighted by Gasteiger charge is -2.04. The Labute approximate surface area is 97.6 Å². The van der Waals surface area contributed by atoms with Gasteiger partial charge in [0, 0.05) is 11.4 Å². The largest absolute Gasteiger partial charge is 0.465 e. The number of carbonyl (C=O) groups is 1. The first-order valence-corrected chi connectivity index (χ1v) is 5.59. The average Bonchev–Trinajstić information content (AvgIpc) is 2.61. The lowest BCUT2D eigenvalue weighted by Crippen LogP contribution is -2.04. The molecule has 1 rings (SSSR count). The molecule has 0 saturated heterocycles. The van der Waals surface area contributed by atoms with Crippen LogP contribution in [0.3, 0.4) is 0 Å². The number of halogens is 1. The Morgan fingerprint density at radius 2 is 2.27 bits per heavy atom. The molecule has 0 aromatic carbocycles. The molecule has 0 aliphatic heterocycles. The summed E-state index contributed by atoms with van der Waals surface area (Å²) in [4.78, 5) is 16.4. The first kappa shape index (κ1) is 12.0. The summed E-state index contributed by atoms with van der Waals surface area (Å²) in [5, 5.41) is 0. The van der Waals surface area contributed by atoms with Crippen molar-refractivity contribution in [1.82, 2.24) is 4.98 Å². The minimum atomic E-state index is -0.302. The predicted molar refractivity (Wildman–Crippen MR) is 64.2 cm³/mol. The number of hydrogen-bond acceptors (Lipinski definition) is 2. The van der Waals surface area contributed by atoms with Gasteiger partial charge in [0.2, 0.25) is 0 Å². The second-order valence-electron chi connectivity index (χ2n) is 3.49. The molecule has 1 heterocycles. The van der Waals surface area contributed by atoms with Crippen LogP contribution in [0.5, 0.6) is 0 Å². The lowest BCUT2D eigenvalue weighted by atomic mass is 10.1. The van der Waals surface area contributed by atoms with Crippen molar-refractivity contribution in [2.45, 2.75) is 19.8 Å². The van der Waals surface area contributed by atoms with Crippen molar-refractivity contribution in [2.24, 2.45) is 0 Å². The molecule has 0 fully saturated rings. The predicted octanol–water partition coefficient (Wildman–Crippen LogP) is 3.29. The number of aromatic amines is 1. The third-order valence-electron chi connectivity index (χ3n) is 2.09. The van der Waals surface area contributed by atoms with E-state index in [2.05, 4.69) is 20.9 Å². The normalized spacial score (nSPS) is 11.3. The van der Waals surface area contributed by atoms with Crippen LogP contribution < -0.4 is 0 Å². The monoisotopic (exact) mass is 271 g/mol. The van der Waals surface area contributed by atoms with Gasteiger partial charge in [-0.15, -0.1) is 0 Å². The third kappa shape index (κ3) is 2.72. The Morgan fingerprint density at radius 3 is 2.73 bits per heavy atom. The van der Waals surface area contributed by atoms with E-state index in [1.54, 1.807) is 11.1 Å². The number of nitrogens with one attached hydrogen (secondary N) is 1. The molecule has 0 unspecified atom stereocenters. The Hall–Kier alpha value is -1.03. The van der Waals surface area contributed by atoms with Crippen LogP contribution in [-0.4, -0.2) is 18.1 Å². The molecule has 0 aliphatic rings. The second kappa shape index (κ2) is 5.16. The summed E-state index contributed by atoms with van der Waals surface area (Å²) in [6, 6.07) is 1.79. The Bertz CT molecular complexity index is 380. The zero-order valence-electron chi connectivity index (χ0n) is 9.00. The maximum Gasteiger partial charge on any atom is 0.339 e. The quantitative estimate of drug-likeness (QED) is 0.858. The van der Waals surface area contributed by atoms with Crippen LogP contribution in [0.1, 0.15) is 41.5 Å². The van der Waals surface area contributed by atoms with E-state index < -0.39 is 0 Å². The van der Waals surface area contributed by atoms with Gasteiger partial charge >= 0.3 is 5.97 Å². The van der Waals surface area contributed by atoms with Gasteiger partial charge in [0.1, 0.15) is 0 Å². The molecule has 3 nitrogen and oxygen atoms in total. The molecule has 1 N–H and O–H groups in total. The Balaban J connectivity index is 3.17. The van der Waals surface area contributed by atoms with E-state index in [4.69, 9.17) is 4.74 Å². The first-order valence-electron chi connectivity index (χ1n) is 4.68. The Kier molecular flexibility index (Phi) is 4.15. The average molecular weight is 272 g/mol. The molecular weight excluding hydrogens is 258 g/mol. The number of carbonyl (C=O) groups excluding carboxylic acids is 1. The van der Waals surface area contributed by atoms with Crippen molar-refractivity contribution in [2.75, 3.05) is 7.11 Å². The molecule has 0 amide bonds. The van der Waals surface area contributed by atoms with Gasteiger partial charge in [0.25, 0.3) is 0 Å². The minimum absolute atomic E-state index is 0.261. The number of hydrogen-bond donors (Lipinski definition) is 1. The summed E-state index contributed by atoms with van der Waals surface area (Å²) in [6.45, 7) is 4.06. The SMILES string of the molecule is COC(=O)c1cc(/C=C/Br)[nH]c1C(C)C. The summed E-state index contributed by atoms with van der Waals surface area (Å²) in [6.07, 6.45) is 1.85. The number of rotatable bonds is 3. The van der Waals surface area contributed by atoms with Crippen molar-refractivity contribution in [3.05, 3.63) is 28.0 Å². The highest BCUT2D eigenvalue weighted by Gasteiger charge is 2.17. The molecular formula is C11H14BrNO2. The molecule has 0 spiro atoms. The number of ether oxygens (including phenoxy) is 1. The van der Waals surface area contributed by atoms with Crippen LogP contribution in [0, 0.1) is 0 Å². The van der Waals surface area contributed by atoms with Gasteiger partial charge in [-0.3, -0.25) is 0 Å². The standard InChI is InChI=1S/C11H14BrNO2/c1-7(2)10-9(11(14)15-3)6-8(13-10)4-5-12/h4-7,13H,1-3H3/b5-4+. The molecule has 0 atom stereocenters. The van der Waals surface area contributed by atoms with Crippen molar-refractivity contribution >= 4 is 28.0 Å². The summed E-state index contributed by atoms with van der Waals surface area (Å²) in [5.41, 5.74) is 2.39. The minimum Gasteiger partial charge on any atom is -0.465 e. The smallest absolute Gasteiger partial charge is 0.339 e. The highest BCUT2D eigenvalue weighted by atomic mass is 79.9. The zero-order valence-corrected chi connectivity index (χ0v) is 10.6. The highest BCUT2D eigenvalue weighted by Crippen LogP contribution is 2.21. The number of H-pyrrole nitrogens is 1. The topological polar surface area (TPSA) is 42.1 Å². The van der Waals surface area contributed by atoms with Crippen LogP contribution in [0.15, 0.2) is 11.1 Å². The molecule has 0 radical (unpaired) electrons. The van der Waals surface area contributed by atoms with Crippen LogP contribution in [-0.2, 0) is 4.74 Å². The number of esters is 1. The van der Waals surface area contributed by atoms with Gasteiger partial charge in [0.15, 0.2) is 0 Å². The van der Waals surface area contributed by atoms with Crippen LogP contribution in [0.2, 0.25) is 0 Å². The summed E-state index contributed by atoms with van der Waals surface area (Å²) in [5.74, 6) is -0.0410. The van der Waals surface area contributed by atoms with Crippen molar-refractivity contribution in [3.63, 3.8) is 0 Å². The highest BCUT2D eigenvalue weighted by molar-refractivity contribution is 9.11. The molecule has 0 aliphatic carbocycles. The summed E-state index contributed by atoms with van der Waals surface area (Å²) >= 11 is 3.19. The molecule has 1 aromatic rings.